The fourth-order valence-corrected chi connectivity index (χ4v) is 3.92. The third kappa shape index (κ3) is 3.22. The molecule has 0 fully saturated rings. The van der Waals surface area contributed by atoms with E-state index in [9.17, 15) is 0 Å². The summed E-state index contributed by atoms with van der Waals surface area (Å²) in [6, 6.07) is 2.96. The van der Waals surface area contributed by atoms with Crippen LogP contribution in [0.3, 0.4) is 0 Å². The molecular weight excluding hydrogens is 254 g/mol. The van der Waals surface area contributed by atoms with Crippen LogP contribution < -0.4 is 5.32 Å². The molecule has 96 valence electrons. The highest BCUT2D eigenvalue weighted by molar-refractivity contribution is 7.16. The lowest BCUT2D eigenvalue weighted by molar-refractivity contribution is 0.252. The lowest BCUT2D eigenvalue weighted by Crippen LogP contribution is -2.34. The molecule has 0 saturated heterocycles. The third-order valence-electron chi connectivity index (χ3n) is 3.49. The molecule has 0 aromatic carbocycles. The lowest BCUT2D eigenvalue weighted by Gasteiger charge is -2.28. The first-order chi connectivity index (χ1) is 8.24. The van der Waals surface area contributed by atoms with E-state index in [1.165, 1.54) is 29.7 Å². The van der Waals surface area contributed by atoms with Gasteiger partial charge in [-0.1, -0.05) is 18.5 Å². The van der Waals surface area contributed by atoms with Crippen molar-refractivity contribution in [3.8, 4) is 0 Å². The molecule has 1 aliphatic carbocycles. The van der Waals surface area contributed by atoms with Crippen LogP contribution in [0, 0.1) is 0 Å². The molecule has 0 amide bonds. The Morgan fingerprint density at radius 2 is 2.47 bits per heavy atom. The number of hydrogen-bond acceptors (Lipinski definition) is 3. The van der Waals surface area contributed by atoms with E-state index in [1.54, 1.807) is 11.3 Å². The number of hydrogen-bond donors (Lipinski definition) is 2. The van der Waals surface area contributed by atoms with Crippen molar-refractivity contribution >= 4 is 22.9 Å². The summed E-state index contributed by atoms with van der Waals surface area (Å²) in [5.74, 6) is 0. The Bertz CT molecular complexity index is 366. The second-order valence-corrected chi connectivity index (χ2v) is 6.43. The summed E-state index contributed by atoms with van der Waals surface area (Å²) in [5, 5.41) is 12.7. The molecule has 2 rings (SSSR count). The van der Waals surface area contributed by atoms with Gasteiger partial charge in [0.05, 0.1) is 4.34 Å². The maximum Gasteiger partial charge on any atom is 0.0934 e. The topological polar surface area (TPSA) is 32.3 Å². The minimum Gasteiger partial charge on any atom is -0.396 e. The number of nitrogens with one attached hydrogen (secondary N) is 1. The van der Waals surface area contributed by atoms with Gasteiger partial charge in [-0.05, 0) is 43.7 Å². The van der Waals surface area contributed by atoms with E-state index >= 15 is 0 Å². The van der Waals surface area contributed by atoms with Crippen molar-refractivity contribution in [1.29, 1.82) is 0 Å². The van der Waals surface area contributed by atoms with Crippen molar-refractivity contribution in [2.24, 2.45) is 0 Å². The highest BCUT2D eigenvalue weighted by atomic mass is 35.5. The van der Waals surface area contributed by atoms with Crippen molar-refractivity contribution in [2.45, 2.75) is 51.1 Å². The van der Waals surface area contributed by atoms with Gasteiger partial charge < -0.3 is 10.4 Å². The van der Waals surface area contributed by atoms with E-state index in [-0.39, 0.29) is 6.61 Å². The average Bonchev–Trinajstić information content (AvgIpc) is 2.70. The van der Waals surface area contributed by atoms with Gasteiger partial charge in [-0.25, -0.2) is 0 Å². The third-order valence-corrected chi connectivity index (χ3v) is 4.83. The highest BCUT2D eigenvalue weighted by Crippen LogP contribution is 2.38. The lowest BCUT2D eigenvalue weighted by atomic mass is 9.93. The monoisotopic (exact) mass is 273 g/mol. The first kappa shape index (κ1) is 13.3. The summed E-state index contributed by atoms with van der Waals surface area (Å²) in [4.78, 5) is 1.44. The minimum atomic E-state index is 0.259. The van der Waals surface area contributed by atoms with E-state index in [2.05, 4.69) is 18.3 Å². The summed E-state index contributed by atoms with van der Waals surface area (Å²) < 4.78 is 0.902. The molecule has 17 heavy (non-hydrogen) atoms. The summed E-state index contributed by atoms with van der Waals surface area (Å²) in [7, 11) is 0. The standard InChI is InChI=1S/C13H20ClNOS/c1-2-9(6-7-16)15-11-4-3-5-12-10(11)8-13(14)17-12/h8-9,11,15-16H,2-7H2,1H3. The molecular formula is C13H20ClNOS. The van der Waals surface area contributed by atoms with E-state index in [4.69, 9.17) is 16.7 Å². The number of aliphatic hydroxyl groups excluding tert-OH is 1. The van der Waals surface area contributed by atoms with Gasteiger partial charge in [-0.15, -0.1) is 11.3 Å². The van der Waals surface area contributed by atoms with Crippen LogP contribution in [0.4, 0.5) is 0 Å². The molecule has 0 radical (unpaired) electrons. The zero-order chi connectivity index (χ0) is 12.3. The fourth-order valence-electron chi connectivity index (χ4n) is 2.54. The summed E-state index contributed by atoms with van der Waals surface area (Å²) >= 11 is 7.82. The number of rotatable bonds is 5. The summed E-state index contributed by atoms with van der Waals surface area (Å²) in [5.41, 5.74) is 1.39. The SMILES string of the molecule is CCC(CCO)NC1CCCc2sc(Cl)cc21. The number of aryl methyl sites for hydroxylation is 1. The number of aliphatic hydroxyl groups is 1. The normalized spacial score (nSPS) is 21.2. The maximum absolute atomic E-state index is 9.04. The first-order valence-corrected chi connectivity index (χ1v) is 7.59. The predicted octanol–water partition coefficient (Wildman–Crippen LogP) is 3.53. The van der Waals surface area contributed by atoms with Gasteiger partial charge in [-0.2, -0.15) is 0 Å². The largest absolute Gasteiger partial charge is 0.396 e. The van der Waals surface area contributed by atoms with Gasteiger partial charge >= 0.3 is 0 Å². The van der Waals surface area contributed by atoms with Crippen LogP contribution >= 0.6 is 22.9 Å². The zero-order valence-corrected chi connectivity index (χ0v) is 11.8. The van der Waals surface area contributed by atoms with Gasteiger partial charge in [0.2, 0.25) is 0 Å². The molecule has 2 N–H and O–H groups in total. The van der Waals surface area contributed by atoms with Gasteiger partial charge in [0.1, 0.15) is 0 Å². The Kier molecular flexibility index (Phi) is 4.86. The Morgan fingerprint density at radius 1 is 1.65 bits per heavy atom. The number of fused-ring (bicyclic) bond motifs is 1. The molecule has 2 nitrogen and oxygen atoms in total. The predicted molar refractivity (Wildman–Crippen MR) is 73.9 cm³/mol. The molecule has 1 aliphatic rings. The number of halogens is 1. The Morgan fingerprint density at radius 3 is 3.18 bits per heavy atom. The van der Waals surface area contributed by atoms with Crippen LogP contribution in [0.15, 0.2) is 6.07 Å². The van der Waals surface area contributed by atoms with Gasteiger partial charge in [0.25, 0.3) is 0 Å². The maximum atomic E-state index is 9.04. The minimum absolute atomic E-state index is 0.259. The van der Waals surface area contributed by atoms with Gasteiger partial charge in [0, 0.05) is 23.6 Å². The van der Waals surface area contributed by atoms with Gasteiger partial charge in [-0.3, -0.25) is 0 Å². The van der Waals surface area contributed by atoms with Crippen LogP contribution in [-0.2, 0) is 6.42 Å². The quantitative estimate of drug-likeness (QED) is 0.860. The van der Waals surface area contributed by atoms with Crippen molar-refractivity contribution < 1.29 is 5.11 Å². The molecule has 0 saturated carbocycles. The van der Waals surface area contributed by atoms with Crippen molar-refractivity contribution in [2.75, 3.05) is 6.61 Å². The highest BCUT2D eigenvalue weighted by Gasteiger charge is 2.24. The Labute approximate surface area is 112 Å². The molecule has 0 spiro atoms. The average molecular weight is 274 g/mol. The van der Waals surface area contributed by atoms with Crippen LogP contribution in [0.1, 0.15) is 49.1 Å². The van der Waals surface area contributed by atoms with Crippen LogP contribution in [0.2, 0.25) is 4.34 Å². The second kappa shape index (κ2) is 6.19. The molecule has 4 heteroatoms. The molecule has 0 aliphatic heterocycles. The fraction of sp³-hybridized carbons (Fsp3) is 0.692. The van der Waals surface area contributed by atoms with E-state index in [0.29, 0.717) is 12.1 Å². The smallest absolute Gasteiger partial charge is 0.0934 e. The second-order valence-electron chi connectivity index (χ2n) is 4.66. The molecule has 0 bridgehead atoms. The van der Waals surface area contributed by atoms with Crippen LogP contribution in [0.5, 0.6) is 0 Å². The van der Waals surface area contributed by atoms with Crippen molar-refractivity contribution in [1.82, 2.24) is 5.32 Å². The Hall–Kier alpha value is -0.0900. The van der Waals surface area contributed by atoms with Crippen LogP contribution in [0.25, 0.3) is 0 Å². The molecule has 1 aromatic rings. The van der Waals surface area contributed by atoms with Crippen molar-refractivity contribution in [3.63, 3.8) is 0 Å². The molecule has 2 atom stereocenters. The van der Waals surface area contributed by atoms with E-state index in [1.807, 2.05) is 0 Å². The summed E-state index contributed by atoms with van der Waals surface area (Å²) in [6.07, 6.45) is 5.48. The molecule has 2 unspecified atom stereocenters. The first-order valence-electron chi connectivity index (χ1n) is 6.39. The van der Waals surface area contributed by atoms with E-state index in [0.717, 1.165) is 17.2 Å². The summed E-state index contributed by atoms with van der Waals surface area (Å²) in [6.45, 7) is 2.42. The van der Waals surface area contributed by atoms with Gasteiger partial charge in [0.15, 0.2) is 0 Å². The molecule has 1 heterocycles. The Balaban J connectivity index is 2.07. The van der Waals surface area contributed by atoms with Crippen LogP contribution in [-0.4, -0.2) is 17.8 Å². The molecule has 1 aromatic heterocycles. The van der Waals surface area contributed by atoms with E-state index < -0.39 is 0 Å². The zero-order valence-electron chi connectivity index (χ0n) is 10.2. The number of thiophene rings is 1. The van der Waals surface area contributed by atoms with Crippen molar-refractivity contribution in [3.05, 3.63) is 20.8 Å².